The van der Waals surface area contributed by atoms with Crippen LogP contribution in [0.5, 0.6) is 0 Å². The largest absolute Gasteiger partial charge is 0.456 e. The maximum absolute atomic E-state index is 12.3. The van der Waals surface area contributed by atoms with Crippen LogP contribution in [0.25, 0.3) is 0 Å². The van der Waals surface area contributed by atoms with Crippen molar-refractivity contribution in [2.24, 2.45) is 5.16 Å². The monoisotopic (exact) mass is 437 g/mol. The highest BCUT2D eigenvalue weighted by molar-refractivity contribution is 6.23. The van der Waals surface area contributed by atoms with Gasteiger partial charge in [-0.1, -0.05) is 41.6 Å². The van der Waals surface area contributed by atoms with E-state index in [4.69, 9.17) is 21.5 Å². The molecule has 0 aliphatic heterocycles. The third-order valence-electron chi connectivity index (χ3n) is 4.31. The predicted octanol–water partition coefficient (Wildman–Crippen LogP) is 5.92. The number of nitrogens with one attached hydrogen (secondary N) is 1. The van der Waals surface area contributed by atoms with Crippen LogP contribution >= 0.6 is 11.6 Å². The van der Waals surface area contributed by atoms with Crippen LogP contribution in [0.1, 0.15) is 53.2 Å². The van der Waals surface area contributed by atoms with Gasteiger partial charge in [-0.05, 0) is 50.1 Å². The molecule has 3 rings (SSSR count). The van der Waals surface area contributed by atoms with E-state index in [0.29, 0.717) is 11.3 Å². The molecule has 2 N–H and O–H groups in total. The number of hydrogen-bond donors (Lipinski definition) is 2. The van der Waals surface area contributed by atoms with E-state index < -0.39 is 16.9 Å². The summed E-state index contributed by atoms with van der Waals surface area (Å²) in [5, 5.41) is 14.8. The predicted molar refractivity (Wildman–Crippen MR) is 123 cm³/mol. The van der Waals surface area contributed by atoms with Crippen molar-refractivity contribution in [1.29, 1.82) is 0 Å². The molecule has 31 heavy (non-hydrogen) atoms. The quantitative estimate of drug-likeness (QED) is 0.164. The van der Waals surface area contributed by atoms with Crippen molar-refractivity contribution >= 4 is 35.2 Å². The first-order valence-corrected chi connectivity index (χ1v) is 10.2. The minimum absolute atomic E-state index is 0.364. The number of rotatable bonds is 6. The Morgan fingerprint density at radius 3 is 2.65 bits per heavy atom. The van der Waals surface area contributed by atoms with Gasteiger partial charge in [0.25, 0.3) is 0 Å². The summed E-state index contributed by atoms with van der Waals surface area (Å²) in [5.74, 6) is -0.430. The van der Waals surface area contributed by atoms with Crippen molar-refractivity contribution in [3.05, 3.63) is 89.2 Å². The molecule has 1 heterocycles. The van der Waals surface area contributed by atoms with Crippen LogP contribution in [-0.4, -0.2) is 28.0 Å². The van der Waals surface area contributed by atoms with E-state index >= 15 is 0 Å². The van der Waals surface area contributed by atoms with Crippen molar-refractivity contribution in [3.8, 4) is 0 Å². The molecular weight excluding hydrogens is 414 g/mol. The molecule has 3 aromatic rings. The van der Waals surface area contributed by atoms with Crippen LogP contribution in [0.3, 0.4) is 0 Å². The van der Waals surface area contributed by atoms with Crippen LogP contribution in [0.4, 0.5) is 11.4 Å². The summed E-state index contributed by atoms with van der Waals surface area (Å²) >= 11 is 6.73. The van der Waals surface area contributed by atoms with Gasteiger partial charge in [-0.15, -0.1) is 11.6 Å². The maximum atomic E-state index is 12.3. The lowest BCUT2D eigenvalue weighted by molar-refractivity contribution is 0.00691. The minimum Gasteiger partial charge on any atom is -0.456 e. The maximum Gasteiger partial charge on any atom is 0.340 e. The molecule has 0 saturated carbocycles. The van der Waals surface area contributed by atoms with Crippen molar-refractivity contribution in [2.75, 3.05) is 5.32 Å². The molecule has 0 spiro atoms. The summed E-state index contributed by atoms with van der Waals surface area (Å²) in [4.78, 5) is 16.5. The Balaban J connectivity index is 1.82. The first-order chi connectivity index (χ1) is 14.8. The van der Waals surface area contributed by atoms with E-state index in [-0.39, 0.29) is 0 Å². The van der Waals surface area contributed by atoms with Crippen LogP contribution in [-0.2, 0) is 4.74 Å². The zero-order valence-electron chi connectivity index (χ0n) is 17.5. The Morgan fingerprint density at radius 2 is 1.90 bits per heavy atom. The average molecular weight is 438 g/mol. The van der Waals surface area contributed by atoms with E-state index in [1.54, 1.807) is 12.3 Å². The van der Waals surface area contributed by atoms with E-state index in [2.05, 4.69) is 15.5 Å². The summed E-state index contributed by atoms with van der Waals surface area (Å²) in [6.45, 7) is 5.46. The number of carbonyl (C=O) groups is 1. The lowest BCUT2D eigenvalue weighted by Gasteiger charge is -2.19. The second-order valence-corrected chi connectivity index (χ2v) is 8.39. The molecule has 7 heteroatoms. The number of nitrogens with zero attached hydrogens (tertiary/aromatic N) is 2. The van der Waals surface area contributed by atoms with E-state index in [9.17, 15) is 4.79 Å². The number of aromatic nitrogens is 1. The molecule has 0 amide bonds. The lowest BCUT2D eigenvalue weighted by atomic mass is 9.99. The number of oxime groups is 1. The van der Waals surface area contributed by atoms with Gasteiger partial charge in [0.05, 0.1) is 29.0 Å². The molecule has 1 aromatic heterocycles. The Morgan fingerprint density at radius 1 is 1.13 bits per heavy atom. The van der Waals surface area contributed by atoms with Gasteiger partial charge in [-0.3, -0.25) is 4.98 Å². The number of alkyl halides is 1. The van der Waals surface area contributed by atoms with E-state index in [0.717, 1.165) is 22.4 Å². The van der Waals surface area contributed by atoms with Gasteiger partial charge >= 0.3 is 5.97 Å². The summed E-state index contributed by atoms with van der Waals surface area (Å²) in [6.07, 6.45) is 4.47. The molecule has 0 fully saturated rings. The highest BCUT2D eigenvalue weighted by Crippen LogP contribution is 2.32. The van der Waals surface area contributed by atoms with Gasteiger partial charge in [0, 0.05) is 17.4 Å². The van der Waals surface area contributed by atoms with Gasteiger partial charge in [0.2, 0.25) is 0 Å². The minimum atomic E-state index is -0.582. The molecular formula is C24H24ClN3O3. The first kappa shape index (κ1) is 22.3. The van der Waals surface area contributed by atoms with Crippen molar-refractivity contribution < 1.29 is 14.7 Å². The molecule has 0 bridgehead atoms. The number of hydrogen-bond acceptors (Lipinski definition) is 6. The van der Waals surface area contributed by atoms with Gasteiger partial charge in [-0.2, -0.15) is 0 Å². The second kappa shape index (κ2) is 9.62. The standard InChI is InChI=1S/C24H24ClN3O3/c1-24(2,3)31-23(29)18-12-20(15-26-13-18)28-19-9-6-8-16(11-19)22(25)21-10-5-4-7-17(21)14-27-30/h4-15,22,28,30H,1-3H3/b27-14+. The average Bonchev–Trinajstić information content (AvgIpc) is 2.73. The second-order valence-electron chi connectivity index (χ2n) is 7.95. The van der Waals surface area contributed by atoms with Gasteiger partial charge < -0.3 is 15.3 Å². The molecule has 0 aliphatic rings. The van der Waals surface area contributed by atoms with Gasteiger partial charge in [-0.25, -0.2) is 4.79 Å². The van der Waals surface area contributed by atoms with Crippen molar-refractivity contribution in [1.82, 2.24) is 4.98 Å². The Hall–Kier alpha value is -3.38. The molecule has 0 radical (unpaired) electrons. The number of pyridine rings is 1. The number of benzene rings is 2. The summed E-state index contributed by atoms with van der Waals surface area (Å²) in [5.41, 5.74) is 3.65. The van der Waals surface area contributed by atoms with Crippen LogP contribution in [0.15, 0.2) is 72.1 Å². The fraction of sp³-hybridized carbons (Fsp3) is 0.208. The molecule has 1 atom stereocenters. The first-order valence-electron chi connectivity index (χ1n) is 9.72. The van der Waals surface area contributed by atoms with E-state index in [1.807, 2.05) is 69.3 Å². The van der Waals surface area contributed by atoms with Gasteiger partial charge in [0.15, 0.2) is 0 Å². The summed E-state index contributed by atoms with van der Waals surface area (Å²) in [6, 6.07) is 16.8. The summed E-state index contributed by atoms with van der Waals surface area (Å²) < 4.78 is 5.41. The smallest absolute Gasteiger partial charge is 0.340 e. The molecule has 160 valence electrons. The molecule has 1 unspecified atom stereocenters. The zero-order valence-corrected chi connectivity index (χ0v) is 18.3. The Labute approximate surface area is 186 Å². The third-order valence-corrected chi connectivity index (χ3v) is 4.79. The van der Waals surface area contributed by atoms with Crippen molar-refractivity contribution in [3.63, 3.8) is 0 Å². The number of esters is 1. The fourth-order valence-corrected chi connectivity index (χ4v) is 3.33. The highest BCUT2D eigenvalue weighted by Gasteiger charge is 2.19. The summed E-state index contributed by atoms with van der Waals surface area (Å²) in [7, 11) is 0. The number of halogens is 1. The molecule has 0 saturated heterocycles. The Bertz CT molecular complexity index is 1090. The van der Waals surface area contributed by atoms with Crippen LogP contribution in [0.2, 0.25) is 0 Å². The Kier molecular flexibility index (Phi) is 6.92. The number of ether oxygens (including phenoxy) is 1. The SMILES string of the molecule is CC(C)(C)OC(=O)c1cncc(Nc2cccc(C(Cl)c3ccccc3/C=N/O)c2)c1. The third kappa shape index (κ3) is 6.06. The van der Waals surface area contributed by atoms with E-state index in [1.165, 1.54) is 12.4 Å². The highest BCUT2D eigenvalue weighted by atomic mass is 35.5. The normalized spacial score (nSPS) is 12.5. The molecule has 0 aliphatic carbocycles. The fourth-order valence-electron chi connectivity index (χ4n) is 3.00. The topological polar surface area (TPSA) is 83.8 Å². The number of carbonyl (C=O) groups excluding carboxylic acids is 1. The van der Waals surface area contributed by atoms with Gasteiger partial charge in [0.1, 0.15) is 5.60 Å². The van der Waals surface area contributed by atoms with Crippen LogP contribution < -0.4 is 5.32 Å². The lowest BCUT2D eigenvalue weighted by Crippen LogP contribution is -2.24. The molecule has 2 aromatic carbocycles. The molecule has 6 nitrogen and oxygen atoms in total. The number of anilines is 2. The zero-order chi connectivity index (χ0) is 22.4. The van der Waals surface area contributed by atoms with Crippen molar-refractivity contribution in [2.45, 2.75) is 31.7 Å². The van der Waals surface area contributed by atoms with Crippen LogP contribution in [0, 0.1) is 0 Å².